The van der Waals surface area contributed by atoms with Crippen molar-refractivity contribution < 1.29 is 5.11 Å². The lowest BCUT2D eigenvalue weighted by Crippen LogP contribution is -2.36. The van der Waals surface area contributed by atoms with Gasteiger partial charge in [-0.25, -0.2) is 4.79 Å². The van der Waals surface area contributed by atoms with Crippen LogP contribution in [0.2, 0.25) is 0 Å². The highest BCUT2D eigenvalue weighted by molar-refractivity contribution is 7.99. The molecule has 1 aromatic rings. The van der Waals surface area contributed by atoms with E-state index in [1.807, 2.05) is 20.1 Å². The fourth-order valence-electron chi connectivity index (χ4n) is 1.25. The maximum absolute atomic E-state index is 11.5. The molecule has 0 spiro atoms. The Kier molecular flexibility index (Phi) is 3.52. The SMILES string of the molecule is CSC(C)(C)Cn1c(O)c(C)c(=O)[nH]c1=O. The number of aromatic amines is 1. The molecule has 1 rings (SSSR count). The van der Waals surface area contributed by atoms with Crippen LogP contribution in [0.15, 0.2) is 9.59 Å². The first-order valence-corrected chi connectivity index (χ1v) is 6.09. The lowest BCUT2D eigenvalue weighted by atomic mass is 10.2. The van der Waals surface area contributed by atoms with Crippen LogP contribution in [0.1, 0.15) is 19.4 Å². The monoisotopic (exact) mass is 244 g/mol. The molecule has 0 aliphatic carbocycles. The molecule has 90 valence electrons. The molecular formula is C10H16N2O3S. The summed E-state index contributed by atoms with van der Waals surface area (Å²) in [5.74, 6) is -0.254. The molecule has 0 radical (unpaired) electrons. The molecular weight excluding hydrogens is 228 g/mol. The predicted molar refractivity (Wildman–Crippen MR) is 65.3 cm³/mol. The van der Waals surface area contributed by atoms with Gasteiger partial charge in [-0.1, -0.05) is 0 Å². The molecule has 16 heavy (non-hydrogen) atoms. The highest BCUT2D eigenvalue weighted by Gasteiger charge is 2.20. The Hall–Kier alpha value is -1.17. The summed E-state index contributed by atoms with van der Waals surface area (Å²) in [5, 5.41) is 9.75. The second-order valence-corrected chi connectivity index (χ2v) is 5.77. The van der Waals surface area contributed by atoms with Crippen molar-refractivity contribution in [2.75, 3.05) is 6.26 Å². The summed E-state index contributed by atoms with van der Waals surface area (Å²) in [6, 6.07) is 0. The van der Waals surface area contributed by atoms with E-state index in [0.717, 1.165) is 0 Å². The van der Waals surface area contributed by atoms with Gasteiger partial charge in [0.1, 0.15) is 0 Å². The maximum atomic E-state index is 11.5. The first-order valence-electron chi connectivity index (χ1n) is 4.86. The summed E-state index contributed by atoms with van der Waals surface area (Å²) in [6.07, 6.45) is 1.93. The zero-order valence-corrected chi connectivity index (χ0v) is 10.6. The number of aromatic hydroxyl groups is 1. The van der Waals surface area contributed by atoms with Gasteiger partial charge in [-0.3, -0.25) is 14.3 Å². The second kappa shape index (κ2) is 4.37. The van der Waals surface area contributed by atoms with Crippen LogP contribution in [0.25, 0.3) is 0 Å². The highest BCUT2D eigenvalue weighted by Crippen LogP contribution is 2.24. The van der Waals surface area contributed by atoms with Crippen LogP contribution in [0.4, 0.5) is 0 Å². The normalized spacial score (nSPS) is 11.8. The molecule has 0 aromatic carbocycles. The molecule has 0 bridgehead atoms. The number of nitrogens with one attached hydrogen (secondary N) is 1. The van der Waals surface area contributed by atoms with E-state index >= 15 is 0 Å². The summed E-state index contributed by atoms with van der Waals surface area (Å²) < 4.78 is 0.999. The average Bonchev–Trinajstić information content (AvgIpc) is 2.21. The fourth-order valence-corrected chi connectivity index (χ4v) is 1.51. The molecule has 0 amide bonds. The van der Waals surface area contributed by atoms with E-state index in [-0.39, 0.29) is 16.2 Å². The van der Waals surface area contributed by atoms with Gasteiger partial charge >= 0.3 is 5.69 Å². The molecule has 5 nitrogen and oxygen atoms in total. The van der Waals surface area contributed by atoms with E-state index < -0.39 is 11.2 Å². The van der Waals surface area contributed by atoms with Crippen LogP contribution in [0.3, 0.4) is 0 Å². The van der Waals surface area contributed by atoms with Crippen molar-refractivity contribution in [1.29, 1.82) is 0 Å². The van der Waals surface area contributed by atoms with E-state index in [1.54, 1.807) is 11.8 Å². The summed E-state index contributed by atoms with van der Waals surface area (Å²) in [7, 11) is 0. The number of hydrogen-bond acceptors (Lipinski definition) is 4. The van der Waals surface area contributed by atoms with Crippen LogP contribution in [-0.2, 0) is 6.54 Å². The topological polar surface area (TPSA) is 75.1 Å². The van der Waals surface area contributed by atoms with Crippen molar-refractivity contribution in [2.45, 2.75) is 32.1 Å². The molecule has 6 heteroatoms. The fraction of sp³-hybridized carbons (Fsp3) is 0.600. The number of rotatable bonds is 3. The predicted octanol–water partition coefficient (Wildman–Crippen LogP) is 0.692. The molecule has 0 saturated heterocycles. The van der Waals surface area contributed by atoms with Crippen LogP contribution in [0.5, 0.6) is 5.88 Å². The van der Waals surface area contributed by atoms with Gasteiger partial charge < -0.3 is 5.11 Å². The minimum absolute atomic E-state index is 0.163. The van der Waals surface area contributed by atoms with Crippen molar-refractivity contribution >= 4 is 11.8 Å². The van der Waals surface area contributed by atoms with Gasteiger partial charge in [0.05, 0.1) is 5.56 Å². The molecule has 0 unspecified atom stereocenters. The van der Waals surface area contributed by atoms with Gasteiger partial charge in [0, 0.05) is 11.3 Å². The van der Waals surface area contributed by atoms with E-state index in [0.29, 0.717) is 6.54 Å². The Morgan fingerprint density at radius 2 is 2.00 bits per heavy atom. The van der Waals surface area contributed by atoms with Crippen molar-refractivity contribution in [1.82, 2.24) is 9.55 Å². The number of thioether (sulfide) groups is 1. The zero-order valence-electron chi connectivity index (χ0n) is 9.83. The summed E-state index contributed by atoms with van der Waals surface area (Å²) in [4.78, 5) is 24.9. The van der Waals surface area contributed by atoms with Gasteiger partial charge in [0.15, 0.2) is 0 Å². The Morgan fingerprint density at radius 3 is 2.50 bits per heavy atom. The number of H-pyrrole nitrogens is 1. The van der Waals surface area contributed by atoms with Crippen LogP contribution < -0.4 is 11.2 Å². The zero-order chi connectivity index (χ0) is 12.5. The van der Waals surface area contributed by atoms with Gasteiger partial charge in [0.25, 0.3) is 5.56 Å². The smallest absolute Gasteiger partial charge is 0.331 e. The average molecular weight is 244 g/mol. The molecule has 0 saturated carbocycles. The summed E-state index contributed by atoms with van der Waals surface area (Å²) >= 11 is 1.59. The standard InChI is InChI=1S/C10H16N2O3S/c1-6-7(13)11-9(15)12(8(6)14)5-10(2,3)16-4/h14H,5H2,1-4H3,(H,11,13,15). The summed E-state index contributed by atoms with van der Waals surface area (Å²) in [6.45, 7) is 5.75. The van der Waals surface area contributed by atoms with Crippen molar-refractivity contribution in [3.8, 4) is 5.88 Å². The molecule has 0 aliphatic heterocycles. The van der Waals surface area contributed by atoms with Crippen molar-refractivity contribution in [3.05, 3.63) is 26.4 Å². The van der Waals surface area contributed by atoms with E-state index in [9.17, 15) is 14.7 Å². The number of hydrogen-bond donors (Lipinski definition) is 2. The van der Waals surface area contributed by atoms with Crippen molar-refractivity contribution in [3.63, 3.8) is 0 Å². The Balaban J connectivity index is 3.31. The van der Waals surface area contributed by atoms with E-state index in [2.05, 4.69) is 4.98 Å². The van der Waals surface area contributed by atoms with Crippen LogP contribution >= 0.6 is 11.8 Å². The Morgan fingerprint density at radius 1 is 1.44 bits per heavy atom. The first-order chi connectivity index (χ1) is 7.28. The first kappa shape index (κ1) is 12.9. The van der Waals surface area contributed by atoms with Gasteiger partial charge in [-0.15, -0.1) is 0 Å². The highest BCUT2D eigenvalue weighted by atomic mass is 32.2. The third-order valence-corrected chi connectivity index (χ3v) is 3.72. The minimum Gasteiger partial charge on any atom is -0.494 e. The molecule has 2 N–H and O–H groups in total. The Bertz CT molecular complexity index is 502. The van der Waals surface area contributed by atoms with Crippen LogP contribution in [0, 0.1) is 6.92 Å². The summed E-state index contributed by atoms with van der Waals surface area (Å²) in [5.41, 5.74) is -0.951. The van der Waals surface area contributed by atoms with Gasteiger partial charge in [0.2, 0.25) is 5.88 Å². The quantitative estimate of drug-likeness (QED) is 0.820. The van der Waals surface area contributed by atoms with E-state index in [1.165, 1.54) is 11.5 Å². The van der Waals surface area contributed by atoms with Gasteiger partial charge in [-0.05, 0) is 27.0 Å². The number of aromatic nitrogens is 2. The second-order valence-electron chi connectivity index (χ2n) is 4.26. The lowest BCUT2D eigenvalue weighted by molar-refractivity contribution is 0.381. The number of nitrogens with zero attached hydrogens (tertiary/aromatic N) is 1. The third-order valence-electron chi connectivity index (χ3n) is 2.49. The molecule has 0 aliphatic rings. The largest absolute Gasteiger partial charge is 0.494 e. The van der Waals surface area contributed by atoms with Crippen molar-refractivity contribution in [2.24, 2.45) is 0 Å². The Labute approximate surface area is 97.5 Å². The molecule has 1 aromatic heterocycles. The van der Waals surface area contributed by atoms with Gasteiger partial charge in [-0.2, -0.15) is 11.8 Å². The molecule has 1 heterocycles. The lowest BCUT2D eigenvalue weighted by Gasteiger charge is -2.23. The molecule has 0 fully saturated rings. The maximum Gasteiger partial charge on any atom is 0.331 e. The minimum atomic E-state index is -0.574. The third kappa shape index (κ3) is 2.49. The van der Waals surface area contributed by atoms with Crippen LogP contribution in [-0.4, -0.2) is 25.7 Å². The molecule has 0 atom stereocenters. The van der Waals surface area contributed by atoms with E-state index in [4.69, 9.17) is 0 Å².